The fourth-order valence-corrected chi connectivity index (χ4v) is 2.54. The Hall–Kier alpha value is -1.96. The third-order valence-corrected chi connectivity index (χ3v) is 4.08. The standard InChI is InChI=1S/C14H21N5O2S/c1-9(2)4-6-16-12(20)8-22-14-18-17-13(19(14)15)11-5-7-21-10(11)3/h5,7,9H,4,6,8,15H2,1-3H3,(H,16,20). The largest absolute Gasteiger partial charge is 0.469 e. The molecule has 0 unspecified atom stereocenters. The van der Waals surface area contributed by atoms with Crippen molar-refractivity contribution in [2.45, 2.75) is 32.3 Å². The van der Waals surface area contributed by atoms with Crippen molar-refractivity contribution in [3.8, 4) is 11.4 Å². The SMILES string of the molecule is Cc1occc1-c1nnc(SCC(=O)NCCC(C)C)n1N. The number of furan rings is 1. The molecule has 0 spiro atoms. The van der Waals surface area contributed by atoms with Gasteiger partial charge in [-0.2, -0.15) is 0 Å². The van der Waals surface area contributed by atoms with Crippen LogP contribution in [0.25, 0.3) is 11.4 Å². The van der Waals surface area contributed by atoms with E-state index in [2.05, 4.69) is 29.4 Å². The molecule has 3 N–H and O–H groups in total. The first kappa shape index (κ1) is 16.4. The van der Waals surface area contributed by atoms with Crippen molar-refractivity contribution in [3.05, 3.63) is 18.1 Å². The first-order valence-corrected chi connectivity index (χ1v) is 8.12. The summed E-state index contributed by atoms with van der Waals surface area (Å²) in [6.07, 6.45) is 2.54. The van der Waals surface area contributed by atoms with Gasteiger partial charge >= 0.3 is 0 Å². The highest BCUT2D eigenvalue weighted by Gasteiger charge is 2.16. The van der Waals surface area contributed by atoms with Crippen LogP contribution in [0.3, 0.4) is 0 Å². The minimum absolute atomic E-state index is 0.0327. The average molecular weight is 323 g/mol. The highest BCUT2D eigenvalue weighted by molar-refractivity contribution is 7.99. The number of aromatic nitrogens is 3. The van der Waals surface area contributed by atoms with Gasteiger partial charge in [0.05, 0.1) is 17.6 Å². The fourth-order valence-electron chi connectivity index (χ4n) is 1.86. The Kier molecular flexibility index (Phi) is 5.48. The van der Waals surface area contributed by atoms with Crippen LogP contribution in [0.1, 0.15) is 26.0 Å². The predicted octanol–water partition coefficient (Wildman–Crippen LogP) is 1.81. The van der Waals surface area contributed by atoms with Crippen molar-refractivity contribution in [2.75, 3.05) is 18.1 Å². The van der Waals surface area contributed by atoms with Gasteiger partial charge in [0.15, 0.2) is 5.82 Å². The van der Waals surface area contributed by atoms with Gasteiger partial charge in [0.2, 0.25) is 11.1 Å². The van der Waals surface area contributed by atoms with Crippen LogP contribution in [-0.2, 0) is 4.79 Å². The summed E-state index contributed by atoms with van der Waals surface area (Å²) in [5.41, 5.74) is 0.795. The van der Waals surface area contributed by atoms with Crippen molar-refractivity contribution < 1.29 is 9.21 Å². The van der Waals surface area contributed by atoms with Crippen LogP contribution in [0.4, 0.5) is 0 Å². The minimum atomic E-state index is -0.0327. The number of hydrogen-bond acceptors (Lipinski definition) is 6. The zero-order valence-corrected chi connectivity index (χ0v) is 13.8. The maximum Gasteiger partial charge on any atom is 0.230 e. The molecule has 0 fully saturated rings. The van der Waals surface area contributed by atoms with Crippen molar-refractivity contribution in [1.29, 1.82) is 0 Å². The van der Waals surface area contributed by atoms with Crippen LogP contribution in [0.5, 0.6) is 0 Å². The van der Waals surface area contributed by atoms with E-state index in [0.717, 1.165) is 17.7 Å². The van der Waals surface area contributed by atoms with Gasteiger partial charge in [-0.05, 0) is 25.3 Å². The summed E-state index contributed by atoms with van der Waals surface area (Å²) in [4.78, 5) is 11.8. The Bertz CT molecular complexity index is 635. The molecule has 1 amide bonds. The van der Waals surface area contributed by atoms with Gasteiger partial charge in [-0.3, -0.25) is 4.79 Å². The molecule has 0 saturated carbocycles. The zero-order valence-electron chi connectivity index (χ0n) is 13.0. The Labute approximate surface area is 133 Å². The van der Waals surface area contributed by atoms with E-state index in [4.69, 9.17) is 10.3 Å². The summed E-state index contributed by atoms with van der Waals surface area (Å²) in [5.74, 6) is 8.03. The van der Waals surface area contributed by atoms with E-state index in [-0.39, 0.29) is 11.7 Å². The molecule has 0 aliphatic rings. The fraction of sp³-hybridized carbons (Fsp3) is 0.500. The molecule has 0 aliphatic carbocycles. The molecule has 0 radical (unpaired) electrons. The van der Waals surface area contributed by atoms with E-state index >= 15 is 0 Å². The number of carbonyl (C=O) groups is 1. The van der Waals surface area contributed by atoms with Gasteiger partial charge in [0, 0.05) is 6.54 Å². The second kappa shape index (κ2) is 7.35. The molecule has 0 atom stereocenters. The Morgan fingerprint density at radius 2 is 2.27 bits per heavy atom. The number of thioether (sulfide) groups is 1. The summed E-state index contributed by atoms with van der Waals surface area (Å²) in [6, 6.07) is 1.79. The van der Waals surface area contributed by atoms with Crippen LogP contribution in [0.2, 0.25) is 0 Å². The lowest BCUT2D eigenvalue weighted by molar-refractivity contribution is -0.118. The third-order valence-electron chi connectivity index (χ3n) is 3.14. The zero-order chi connectivity index (χ0) is 16.1. The lowest BCUT2D eigenvalue weighted by atomic mass is 10.1. The summed E-state index contributed by atoms with van der Waals surface area (Å²) in [7, 11) is 0. The molecular formula is C14H21N5O2S. The highest BCUT2D eigenvalue weighted by Crippen LogP contribution is 2.24. The van der Waals surface area contributed by atoms with Gasteiger partial charge in [0.25, 0.3) is 0 Å². The van der Waals surface area contributed by atoms with E-state index < -0.39 is 0 Å². The summed E-state index contributed by atoms with van der Waals surface area (Å²) in [6.45, 7) is 6.76. The molecule has 22 heavy (non-hydrogen) atoms. The van der Waals surface area contributed by atoms with Crippen LogP contribution in [0.15, 0.2) is 21.9 Å². The highest BCUT2D eigenvalue weighted by atomic mass is 32.2. The van der Waals surface area contributed by atoms with Crippen LogP contribution in [0, 0.1) is 12.8 Å². The van der Waals surface area contributed by atoms with Gasteiger partial charge in [0.1, 0.15) is 5.76 Å². The third kappa shape index (κ3) is 4.03. The number of nitrogens with two attached hydrogens (primary N) is 1. The summed E-state index contributed by atoms with van der Waals surface area (Å²) < 4.78 is 6.62. The normalized spacial score (nSPS) is 11.1. The van der Waals surface area contributed by atoms with Crippen molar-refractivity contribution in [2.24, 2.45) is 5.92 Å². The topological polar surface area (TPSA) is 99.0 Å². The van der Waals surface area contributed by atoms with Crippen LogP contribution in [-0.4, -0.2) is 33.1 Å². The first-order valence-electron chi connectivity index (χ1n) is 7.13. The lowest BCUT2D eigenvalue weighted by Gasteiger charge is -2.07. The van der Waals surface area contributed by atoms with E-state index in [1.165, 1.54) is 16.4 Å². The summed E-state index contributed by atoms with van der Waals surface area (Å²) >= 11 is 1.26. The molecule has 0 saturated heterocycles. The predicted molar refractivity (Wildman–Crippen MR) is 85.8 cm³/mol. The smallest absolute Gasteiger partial charge is 0.230 e. The number of nitrogen functional groups attached to an aromatic ring is 1. The molecule has 0 aliphatic heterocycles. The number of carbonyl (C=O) groups excluding carboxylic acids is 1. The number of aryl methyl sites for hydroxylation is 1. The Morgan fingerprint density at radius 1 is 1.50 bits per heavy atom. The van der Waals surface area contributed by atoms with E-state index in [0.29, 0.717) is 23.4 Å². The van der Waals surface area contributed by atoms with Gasteiger partial charge in [-0.25, -0.2) is 4.68 Å². The van der Waals surface area contributed by atoms with Crippen molar-refractivity contribution in [1.82, 2.24) is 20.2 Å². The average Bonchev–Trinajstić information content (AvgIpc) is 3.02. The lowest BCUT2D eigenvalue weighted by Crippen LogP contribution is -2.27. The Balaban J connectivity index is 1.91. The molecule has 7 nitrogen and oxygen atoms in total. The van der Waals surface area contributed by atoms with E-state index in [9.17, 15) is 4.79 Å². The molecule has 0 bridgehead atoms. The first-order chi connectivity index (χ1) is 10.5. The molecule has 2 rings (SSSR count). The number of hydrogen-bond donors (Lipinski definition) is 2. The second-order valence-corrected chi connectivity index (χ2v) is 6.33. The molecule has 2 aromatic rings. The van der Waals surface area contributed by atoms with E-state index in [1.54, 1.807) is 12.3 Å². The minimum Gasteiger partial charge on any atom is -0.469 e. The number of amides is 1. The van der Waals surface area contributed by atoms with Gasteiger partial charge in [-0.15, -0.1) is 10.2 Å². The van der Waals surface area contributed by atoms with Gasteiger partial charge in [-0.1, -0.05) is 25.6 Å². The maximum absolute atomic E-state index is 11.8. The number of nitrogens with one attached hydrogen (secondary N) is 1. The molecular weight excluding hydrogens is 302 g/mol. The monoisotopic (exact) mass is 323 g/mol. The van der Waals surface area contributed by atoms with Crippen molar-refractivity contribution >= 4 is 17.7 Å². The molecule has 8 heteroatoms. The molecule has 2 aromatic heterocycles. The van der Waals surface area contributed by atoms with Crippen molar-refractivity contribution in [3.63, 3.8) is 0 Å². The van der Waals surface area contributed by atoms with Crippen LogP contribution < -0.4 is 11.2 Å². The summed E-state index contributed by atoms with van der Waals surface area (Å²) in [5, 5.41) is 11.4. The Morgan fingerprint density at radius 3 is 2.91 bits per heavy atom. The van der Waals surface area contributed by atoms with Crippen LogP contribution >= 0.6 is 11.8 Å². The maximum atomic E-state index is 11.8. The molecule has 120 valence electrons. The number of rotatable bonds is 7. The number of nitrogens with zero attached hydrogens (tertiary/aromatic N) is 3. The second-order valence-electron chi connectivity index (χ2n) is 5.39. The van der Waals surface area contributed by atoms with E-state index in [1.807, 2.05) is 6.92 Å². The van der Waals surface area contributed by atoms with Gasteiger partial charge < -0.3 is 15.6 Å². The quantitative estimate of drug-likeness (QED) is 0.595. The molecule has 0 aromatic carbocycles. The molecule has 2 heterocycles.